The second kappa shape index (κ2) is 6.70. The van der Waals surface area contributed by atoms with Crippen LogP contribution < -0.4 is 26.4 Å². The predicted molar refractivity (Wildman–Crippen MR) is 65.1 cm³/mol. The number of rotatable bonds is 7. The molecule has 4 nitrogen and oxygen atoms in total. The van der Waals surface area contributed by atoms with E-state index in [4.69, 9.17) is 7.80 Å². The third kappa shape index (κ3) is 4.05. The van der Waals surface area contributed by atoms with Crippen LogP contribution in [-0.4, -0.2) is 16.9 Å². The predicted octanol–water partition coefficient (Wildman–Crippen LogP) is -0.941. The zero-order valence-corrected chi connectivity index (χ0v) is 12.4. The van der Waals surface area contributed by atoms with Gasteiger partial charge in [0.15, 0.2) is 0 Å². The van der Waals surface area contributed by atoms with Crippen molar-refractivity contribution in [3.05, 3.63) is 42.5 Å². The summed E-state index contributed by atoms with van der Waals surface area (Å²) in [6.45, 7) is 3.32. The van der Waals surface area contributed by atoms with Gasteiger partial charge in [-0.2, -0.15) is 0 Å². The molecule has 19 heavy (non-hydrogen) atoms. The van der Waals surface area contributed by atoms with Gasteiger partial charge < -0.3 is 0 Å². The molecule has 2 unspecified atom stereocenters. The quantitative estimate of drug-likeness (QED) is 0.204. The van der Waals surface area contributed by atoms with Crippen molar-refractivity contribution in [1.82, 2.24) is 0 Å². The van der Waals surface area contributed by atoms with Crippen molar-refractivity contribution in [1.29, 1.82) is 0 Å². The first-order chi connectivity index (χ1) is 9.24. The number of aldehydes is 1. The summed E-state index contributed by atoms with van der Waals surface area (Å²) in [5, 5.41) is 0. The van der Waals surface area contributed by atoms with Gasteiger partial charge in [-0.1, -0.05) is 0 Å². The van der Waals surface area contributed by atoms with E-state index in [1.54, 1.807) is 0 Å². The summed E-state index contributed by atoms with van der Waals surface area (Å²) in [5.74, 6) is 0.922. The van der Waals surface area contributed by atoms with E-state index in [1.807, 2.05) is 24.3 Å². The summed E-state index contributed by atoms with van der Waals surface area (Å²) in [6.07, 6.45) is 3.12. The fourth-order valence-corrected chi connectivity index (χ4v) is 2.85. The van der Waals surface area contributed by atoms with Crippen LogP contribution in [0.4, 0.5) is 0 Å². The van der Waals surface area contributed by atoms with Crippen LogP contribution in [0.5, 0.6) is 5.75 Å². The molecule has 0 spiro atoms. The first kappa shape index (κ1) is 14.0. The Bertz CT molecular complexity index is 469. The van der Waals surface area contributed by atoms with Crippen LogP contribution in [0.3, 0.4) is 0 Å². The summed E-state index contributed by atoms with van der Waals surface area (Å²) in [7, 11) is 0. The van der Waals surface area contributed by atoms with Crippen molar-refractivity contribution < 1.29 is 39.0 Å². The monoisotopic (exact) mass is 373 g/mol. The minimum atomic E-state index is -0.755. The topological polar surface area (TPSA) is 52.6 Å². The minimum absolute atomic E-state index is 0.191. The molecule has 5 heteroatoms. The summed E-state index contributed by atoms with van der Waals surface area (Å²) in [6, 6.07) is 7.73. The molecule has 1 fully saturated rings. The van der Waals surface area contributed by atoms with E-state index >= 15 is 0 Å². The van der Waals surface area contributed by atoms with Crippen LogP contribution in [-0.2, 0) is 12.7 Å². The van der Waals surface area contributed by atoms with Gasteiger partial charge in [0, 0.05) is 0 Å². The molecular weight excluding hydrogens is 359 g/mol. The molecular formula is C14H14IO4-. The van der Waals surface area contributed by atoms with Gasteiger partial charge in [-0.3, -0.25) is 0 Å². The Hall–Kier alpha value is -1.37. The average molecular weight is 373 g/mol. The summed E-state index contributed by atoms with van der Waals surface area (Å²) in [4.78, 5) is 21.4. The number of halogens is 1. The van der Waals surface area contributed by atoms with Gasteiger partial charge in [0.2, 0.25) is 0 Å². The number of carbonyl (C=O) groups excluding carboxylic acids is 2. The number of alkyl halides is 1. The van der Waals surface area contributed by atoms with Crippen LogP contribution in [0.2, 0.25) is 0 Å². The van der Waals surface area contributed by atoms with Gasteiger partial charge in [0.1, 0.15) is 0 Å². The normalized spacial score (nSPS) is 20.6. The zero-order chi connectivity index (χ0) is 13.7. The molecule has 2 atom stereocenters. The van der Waals surface area contributed by atoms with E-state index in [0.29, 0.717) is 10.5 Å². The van der Waals surface area contributed by atoms with Gasteiger partial charge in [0.25, 0.3) is 0 Å². The second-order valence-corrected chi connectivity index (χ2v) is 5.86. The fourth-order valence-electron chi connectivity index (χ4n) is 1.75. The molecule has 1 aliphatic rings. The molecule has 0 radical (unpaired) electrons. The molecule has 0 aromatic heterocycles. The van der Waals surface area contributed by atoms with E-state index in [9.17, 15) is 9.59 Å². The number of hydrogen-bond acceptors (Lipinski definition) is 4. The van der Waals surface area contributed by atoms with Crippen molar-refractivity contribution in [3.8, 4) is 5.75 Å². The Morgan fingerprint density at radius 3 is 2.74 bits per heavy atom. The van der Waals surface area contributed by atoms with Crippen molar-refractivity contribution in [2.45, 2.75) is 12.3 Å². The Morgan fingerprint density at radius 2 is 2.16 bits per heavy atom. The molecule has 2 rings (SSSR count). The number of ether oxygens (including phenoxy) is 1. The van der Waals surface area contributed by atoms with Crippen molar-refractivity contribution in [2.75, 3.05) is 4.61 Å². The molecule has 1 aliphatic carbocycles. The third-order valence-corrected chi connectivity index (χ3v) is 4.20. The molecule has 1 aromatic carbocycles. The fraction of sp³-hybridized carbons (Fsp3) is 0.286. The first-order valence-electron chi connectivity index (χ1n) is 5.85. The molecule has 0 amide bonds. The van der Waals surface area contributed by atoms with Gasteiger partial charge >= 0.3 is 122 Å². The van der Waals surface area contributed by atoms with Crippen molar-refractivity contribution in [3.63, 3.8) is 0 Å². The summed E-state index contributed by atoms with van der Waals surface area (Å²) in [5.41, 5.74) is 1.18. The van der Waals surface area contributed by atoms with Crippen LogP contribution in [0.1, 0.15) is 17.9 Å². The van der Waals surface area contributed by atoms with Gasteiger partial charge in [0.05, 0.1) is 0 Å². The summed E-state index contributed by atoms with van der Waals surface area (Å²) < 4.78 is 10.8. The Morgan fingerprint density at radius 1 is 1.42 bits per heavy atom. The number of hydrogen-bond donors (Lipinski definition) is 0. The summed E-state index contributed by atoms with van der Waals surface area (Å²) >= 11 is -0.755. The van der Waals surface area contributed by atoms with Crippen LogP contribution >= 0.6 is 0 Å². The van der Waals surface area contributed by atoms with Gasteiger partial charge in [-0.05, 0) is 0 Å². The van der Waals surface area contributed by atoms with E-state index in [1.165, 1.54) is 5.56 Å². The first-order valence-corrected chi connectivity index (χ1v) is 8.25. The third-order valence-electron chi connectivity index (χ3n) is 2.89. The maximum absolute atomic E-state index is 10.8. The molecule has 0 aliphatic heterocycles. The molecule has 0 N–H and O–H groups in total. The van der Waals surface area contributed by atoms with E-state index < -0.39 is 27.6 Å². The Labute approximate surface area is 122 Å². The molecule has 0 saturated heterocycles. The number of benzene rings is 1. The van der Waals surface area contributed by atoms with E-state index in [0.717, 1.165) is 24.5 Å². The zero-order valence-electron chi connectivity index (χ0n) is 10.3. The van der Waals surface area contributed by atoms with Crippen LogP contribution in [0.25, 0.3) is 0 Å². The van der Waals surface area contributed by atoms with E-state index in [-0.39, 0.29) is 5.92 Å². The molecule has 102 valence electrons. The van der Waals surface area contributed by atoms with Crippen molar-refractivity contribution >= 4 is 12.3 Å². The van der Waals surface area contributed by atoms with Crippen molar-refractivity contribution in [2.24, 2.45) is 5.92 Å². The van der Waals surface area contributed by atoms with Gasteiger partial charge in [-0.15, -0.1) is 0 Å². The number of carbonyl (C=O) groups is 2. The average Bonchev–Trinajstić information content (AvgIpc) is 3.23. The molecule has 1 saturated carbocycles. The molecule has 1 aromatic rings. The Kier molecular flexibility index (Phi) is 4.95. The second-order valence-electron chi connectivity index (χ2n) is 4.17. The van der Waals surface area contributed by atoms with E-state index in [2.05, 4.69) is 6.58 Å². The van der Waals surface area contributed by atoms with Gasteiger partial charge in [-0.25, -0.2) is 0 Å². The SMILES string of the molecule is C=CC(=O)O[I-]COc1ccc(C2CC2C=O)cc1. The standard InChI is InChI=1S/C14H14IO4/c1-2-14(17)19-15-9-18-12-5-3-10(4-6-12)13-7-11(13)8-16/h2-6,8,11,13H,1,7,9H2/q-1. The van der Waals surface area contributed by atoms with Crippen LogP contribution in [0.15, 0.2) is 36.9 Å². The maximum atomic E-state index is 10.8. The van der Waals surface area contributed by atoms with Crippen LogP contribution in [0, 0.1) is 5.92 Å². The molecule has 0 heterocycles. The Balaban J connectivity index is 1.74. The molecule has 0 bridgehead atoms.